The van der Waals surface area contributed by atoms with E-state index in [0.29, 0.717) is 30.4 Å². The highest BCUT2D eigenvalue weighted by Gasteiger charge is 2.18. The topological polar surface area (TPSA) is 85.2 Å². The zero-order valence-corrected chi connectivity index (χ0v) is 16.9. The van der Waals surface area contributed by atoms with Gasteiger partial charge in [0.1, 0.15) is 5.75 Å². The maximum atomic E-state index is 12.4. The number of nitrogens with zero attached hydrogens (tertiary/aromatic N) is 2. The summed E-state index contributed by atoms with van der Waals surface area (Å²) in [6.45, 7) is 6.90. The second-order valence-corrected chi connectivity index (χ2v) is 7.20. The van der Waals surface area contributed by atoms with Crippen LogP contribution in [-0.2, 0) is 11.3 Å². The molecule has 0 fully saturated rings. The minimum absolute atomic E-state index is 0.164. The molecule has 2 N–H and O–H groups in total. The first kappa shape index (κ1) is 20.4. The lowest BCUT2D eigenvalue weighted by Gasteiger charge is -2.09. The molecule has 0 radical (unpaired) electrons. The van der Waals surface area contributed by atoms with Crippen LogP contribution in [0.5, 0.6) is 5.75 Å². The average molecular weight is 394 g/mol. The molecule has 0 aliphatic rings. The van der Waals surface area contributed by atoms with Gasteiger partial charge < -0.3 is 15.4 Å². The number of nitrogens with one attached hydrogen (secondary N) is 2. The van der Waals surface area contributed by atoms with Crippen molar-refractivity contribution in [3.63, 3.8) is 0 Å². The average Bonchev–Trinajstić information content (AvgIpc) is 3.13. The van der Waals surface area contributed by atoms with Crippen LogP contribution < -0.4 is 15.4 Å². The first-order valence-electron chi connectivity index (χ1n) is 9.73. The van der Waals surface area contributed by atoms with Gasteiger partial charge in [0.25, 0.3) is 11.8 Å². The summed E-state index contributed by atoms with van der Waals surface area (Å²) in [6.07, 6.45) is 1.65. The molecule has 1 heterocycles. The van der Waals surface area contributed by atoms with E-state index in [9.17, 15) is 9.59 Å². The normalized spacial score (nSPS) is 10.9. The third kappa shape index (κ3) is 5.34. The Morgan fingerprint density at radius 3 is 2.62 bits per heavy atom. The zero-order chi connectivity index (χ0) is 20.8. The van der Waals surface area contributed by atoms with Crippen molar-refractivity contribution in [2.45, 2.75) is 27.3 Å². The lowest BCUT2D eigenvalue weighted by Crippen LogP contribution is -2.29. The summed E-state index contributed by atoms with van der Waals surface area (Å²) in [7, 11) is 0. The summed E-state index contributed by atoms with van der Waals surface area (Å²) in [5.41, 5.74) is 0.576. The van der Waals surface area contributed by atoms with E-state index < -0.39 is 0 Å². The standard InChI is InChI=1S/C22H26N4O3/c1-4-26-13-19(21(25-26)22(28)23-12-15(2)3)24-20(27)14-29-18-10-9-16-7-5-6-8-17(16)11-18/h5-11,13,15H,4,12,14H2,1-3H3,(H,23,28)(H,24,27). The van der Waals surface area contributed by atoms with E-state index in [4.69, 9.17) is 4.74 Å². The SMILES string of the molecule is CCn1cc(NC(=O)COc2ccc3ccccc3c2)c(C(=O)NCC(C)C)n1. The number of aromatic nitrogens is 2. The predicted molar refractivity (Wildman–Crippen MR) is 113 cm³/mol. The molecule has 2 amide bonds. The molecule has 0 saturated carbocycles. The Morgan fingerprint density at radius 2 is 1.90 bits per heavy atom. The Morgan fingerprint density at radius 1 is 1.14 bits per heavy atom. The maximum absolute atomic E-state index is 12.4. The number of aryl methyl sites for hydroxylation is 1. The number of ether oxygens (including phenoxy) is 1. The van der Waals surface area contributed by atoms with Crippen LogP contribution in [0.1, 0.15) is 31.3 Å². The van der Waals surface area contributed by atoms with Gasteiger partial charge in [0.15, 0.2) is 12.3 Å². The summed E-state index contributed by atoms with van der Waals surface area (Å²) >= 11 is 0. The van der Waals surface area contributed by atoms with Gasteiger partial charge in [0.05, 0.1) is 5.69 Å². The van der Waals surface area contributed by atoms with Crippen LogP contribution in [0.25, 0.3) is 10.8 Å². The van der Waals surface area contributed by atoms with Gasteiger partial charge in [-0.3, -0.25) is 14.3 Å². The summed E-state index contributed by atoms with van der Waals surface area (Å²) in [5, 5.41) is 12.0. The van der Waals surface area contributed by atoms with E-state index in [0.717, 1.165) is 10.8 Å². The predicted octanol–water partition coefficient (Wildman–Crippen LogP) is 3.46. The Balaban J connectivity index is 1.64. The van der Waals surface area contributed by atoms with Gasteiger partial charge in [-0.05, 0) is 35.7 Å². The largest absolute Gasteiger partial charge is 0.484 e. The summed E-state index contributed by atoms with van der Waals surface area (Å²) in [5.74, 6) is 0.266. The molecule has 0 aliphatic heterocycles. The van der Waals surface area contributed by atoms with Gasteiger partial charge in [-0.15, -0.1) is 0 Å². The number of hydrogen-bond acceptors (Lipinski definition) is 4. The summed E-state index contributed by atoms with van der Waals surface area (Å²) < 4.78 is 7.24. The number of carbonyl (C=O) groups excluding carboxylic acids is 2. The second kappa shape index (κ2) is 9.23. The van der Waals surface area contributed by atoms with Gasteiger partial charge in [-0.25, -0.2) is 0 Å². The van der Waals surface area contributed by atoms with E-state index >= 15 is 0 Å². The van der Waals surface area contributed by atoms with Crippen LogP contribution in [0.4, 0.5) is 5.69 Å². The molecular weight excluding hydrogens is 368 g/mol. The first-order valence-corrected chi connectivity index (χ1v) is 9.73. The Bertz CT molecular complexity index is 1010. The highest BCUT2D eigenvalue weighted by atomic mass is 16.5. The minimum atomic E-state index is -0.355. The van der Waals surface area contributed by atoms with Crippen LogP contribution >= 0.6 is 0 Å². The van der Waals surface area contributed by atoms with Crippen molar-refractivity contribution in [2.75, 3.05) is 18.5 Å². The Labute approximate surface area is 170 Å². The summed E-state index contributed by atoms with van der Waals surface area (Å²) in [6, 6.07) is 13.6. The molecule has 0 saturated heterocycles. The lowest BCUT2D eigenvalue weighted by atomic mass is 10.1. The first-order chi connectivity index (χ1) is 14.0. The highest BCUT2D eigenvalue weighted by molar-refractivity contribution is 6.02. The van der Waals surface area contributed by atoms with Crippen molar-refractivity contribution in [1.29, 1.82) is 0 Å². The van der Waals surface area contributed by atoms with Crippen molar-refractivity contribution in [2.24, 2.45) is 5.92 Å². The molecule has 0 aliphatic carbocycles. The Kier molecular flexibility index (Phi) is 6.49. The number of amides is 2. The third-order valence-corrected chi connectivity index (χ3v) is 4.34. The fourth-order valence-electron chi connectivity index (χ4n) is 2.82. The fourth-order valence-corrected chi connectivity index (χ4v) is 2.82. The van der Waals surface area contributed by atoms with Gasteiger partial charge in [-0.2, -0.15) is 5.10 Å². The molecule has 0 bridgehead atoms. The van der Waals surface area contributed by atoms with E-state index in [1.54, 1.807) is 10.9 Å². The Hall–Kier alpha value is -3.35. The summed E-state index contributed by atoms with van der Waals surface area (Å²) in [4.78, 5) is 24.8. The molecule has 0 spiro atoms. The van der Waals surface area contributed by atoms with Gasteiger partial charge >= 0.3 is 0 Å². The molecule has 2 aromatic carbocycles. The number of rotatable bonds is 8. The van der Waals surface area contributed by atoms with Gasteiger partial charge in [-0.1, -0.05) is 44.2 Å². The van der Waals surface area contributed by atoms with Crippen molar-refractivity contribution >= 4 is 28.3 Å². The number of anilines is 1. The minimum Gasteiger partial charge on any atom is -0.484 e. The zero-order valence-electron chi connectivity index (χ0n) is 16.9. The van der Waals surface area contributed by atoms with E-state index in [-0.39, 0.29) is 24.1 Å². The molecule has 3 aromatic rings. The molecule has 0 unspecified atom stereocenters. The van der Waals surface area contributed by atoms with Crippen LogP contribution in [0, 0.1) is 5.92 Å². The third-order valence-electron chi connectivity index (χ3n) is 4.34. The number of fused-ring (bicyclic) bond motifs is 1. The van der Waals surface area contributed by atoms with Gasteiger partial charge in [0.2, 0.25) is 0 Å². The quantitative estimate of drug-likeness (QED) is 0.613. The molecule has 29 heavy (non-hydrogen) atoms. The van der Waals surface area contributed by atoms with Crippen molar-refractivity contribution < 1.29 is 14.3 Å². The molecule has 3 rings (SSSR count). The van der Waals surface area contributed by atoms with Crippen LogP contribution in [0.2, 0.25) is 0 Å². The number of carbonyl (C=O) groups is 2. The van der Waals surface area contributed by atoms with Crippen molar-refractivity contribution in [3.8, 4) is 5.75 Å². The van der Waals surface area contributed by atoms with Gasteiger partial charge in [0, 0.05) is 19.3 Å². The second-order valence-electron chi connectivity index (χ2n) is 7.20. The van der Waals surface area contributed by atoms with Crippen LogP contribution in [0.15, 0.2) is 48.7 Å². The maximum Gasteiger partial charge on any atom is 0.273 e. The molecule has 152 valence electrons. The molecular formula is C22H26N4O3. The molecule has 7 heteroatoms. The fraction of sp³-hybridized carbons (Fsp3) is 0.318. The monoisotopic (exact) mass is 394 g/mol. The van der Waals surface area contributed by atoms with Crippen molar-refractivity contribution in [1.82, 2.24) is 15.1 Å². The number of hydrogen-bond donors (Lipinski definition) is 2. The van der Waals surface area contributed by atoms with Crippen LogP contribution in [0.3, 0.4) is 0 Å². The van der Waals surface area contributed by atoms with Crippen molar-refractivity contribution in [3.05, 3.63) is 54.4 Å². The van der Waals surface area contributed by atoms with E-state index in [2.05, 4.69) is 15.7 Å². The lowest BCUT2D eigenvalue weighted by molar-refractivity contribution is -0.118. The highest BCUT2D eigenvalue weighted by Crippen LogP contribution is 2.20. The molecule has 0 atom stereocenters. The molecule has 1 aromatic heterocycles. The van der Waals surface area contributed by atoms with E-state index in [1.165, 1.54) is 0 Å². The van der Waals surface area contributed by atoms with E-state index in [1.807, 2.05) is 63.2 Å². The smallest absolute Gasteiger partial charge is 0.273 e. The number of benzene rings is 2. The molecule has 7 nitrogen and oxygen atoms in total. The van der Waals surface area contributed by atoms with Crippen LogP contribution in [-0.4, -0.2) is 34.7 Å².